The van der Waals surface area contributed by atoms with Crippen LogP contribution >= 0.6 is 0 Å². The molecule has 2 N–H and O–H groups in total. The van der Waals surface area contributed by atoms with Gasteiger partial charge in [-0.05, 0) is 37.1 Å². The van der Waals surface area contributed by atoms with Crippen molar-refractivity contribution in [2.75, 3.05) is 12.4 Å². The molecule has 0 radical (unpaired) electrons. The lowest BCUT2D eigenvalue weighted by Gasteiger charge is -2.09. The fourth-order valence-electron chi connectivity index (χ4n) is 1.96. The van der Waals surface area contributed by atoms with E-state index >= 15 is 0 Å². The number of aromatic nitrogens is 2. The largest absolute Gasteiger partial charge is 0.486 e. The molecule has 1 heterocycles. The normalized spacial score (nSPS) is 10.2. The molecule has 0 atom stereocenters. The molecule has 2 rings (SSSR count). The fourth-order valence-corrected chi connectivity index (χ4v) is 1.96. The van der Waals surface area contributed by atoms with Crippen molar-refractivity contribution in [1.29, 1.82) is 0 Å². The first kappa shape index (κ1) is 14.8. The van der Waals surface area contributed by atoms with Crippen molar-refractivity contribution in [3.05, 3.63) is 46.9 Å². The summed E-state index contributed by atoms with van der Waals surface area (Å²) in [5.41, 5.74) is 2.13. The van der Waals surface area contributed by atoms with Crippen molar-refractivity contribution < 1.29 is 14.6 Å². The lowest BCUT2D eigenvalue weighted by Crippen LogP contribution is -2.10. The summed E-state index contributed by atoms with van der Waals surface area (Å²) in [5.74, 6) is 0.379. The summed E-state index contributed by atoms with van der Waals surface area (Å²) >= 11 is 0. The van der Waals surface area contributed by atoms with Crippen LogP contribution < -0.4 is 10.1 Å². The van der Waals surface area contributed by atoms with Crippen LogP contribution in [0.25, 0.3) is 0 Å². The number of aromatic carboxylic acids is 1. The van der Waals surface area contributed by atoms with Crippen LogP contribution in [-0.2, 0) is 6.61 Å². The summed E-state index contributed by atoms with van der Waals surface area (Å²) in [4.78, 5) is 19.2. The van der Waals surface area contributed by atoms with E-state index in [0.717, 1.165) is 11.1 Å². The van der Waals surface area contributed by atoms with Gasteiger partial charge in [-0.3, -0.25) is 0 Å². The third-order valence-electron chi connectivity index (χ3n) is 2.81. The van der Waals surface area contributed by atoms with E-state index in [0.29, 0.717) is 17.4 Å². The van der Waals surface area contributed by atoms with Gasteiger partial charge < -0.3 is 15.2 Å². The topological polar surface area (TPSA) is 84.3 Å². The Morgan fingerprint density at radius 3 is 2.43 bits per heavy atom. The van der Waals surface area contributed by atoms with Gasteiger partial charge in [-0.2, -0.15) is 0 Å². The summed E-state index contributed by atoms with van der Waals surface area (Å²) in [6.07, 6.45) is 0. The van der Waals surface area contributed by atoms with Crippen LogP contribution in [0.1, 0.15) is 27.4 Å². The number of carboxylic acid groups (broad SMARTS) is 1. The highest BCUT2D eigenvalue weighted by molar-refractivity contribution is 5.86. The van der Waals surface area contributed by atoms with E-state index in [1.165, 1.54) is 6.07 Å². The maximum atomic E-state index is 11.0. The van der Waals surface area contributed by atoms with E-state index < -0.39 is 5.97 Å². The molecule has 110 valence electrons. The molecule has 1 aromatic heterocycles. The van der Waals surface area contributed by atoms with E-state index in [4.69, 9.17) is 9.84 Å². The molecule has 6 nitrogen and oxygen atoms in total. The van der Waals surface area contributed by atoms with Gasteiger partial charge in [-0.1, -0.05) is 6.07 Å². The molecule has 0 fully saturated rings. The number of carboxylic acids is 1. The Hall–Kier alpha value is -2.63. The summed E-state index contributed by atoms with van der Waals surface area (Å²) in [7, 11) is 1.67. The molecular formula is C15H17N3O3. The molecule has 1 aromatic carbocycles. The summed E-state index contributed by atoms with van der Waals surface area (Å²) in [6.45, 7) is 4.08. The highest BCUT2D eigenvalue weighted by Gasteiger charge is 2.10. The van der Waals surface area contributed by atoms with Crippen molar-refractivity contribution in [1.82, 2.24) is 9.97 Å². The molecule has 0 spiro atoms. The molecule has 0 saturated heterocycles. The van der Waals surface area contributed by atoms with Crippen LogP contribution in [0.4, 0.5) is 5.82 Å². The molecule has 2 aromatic rings. The minimum Gasteiger partial charge on any atom is -0.486 e. The van der Waals surface area contributed by atoms with Crippen LogP contribution in [0, 0.1) is 13.8 Å². The Morgan fingerprint density at radius 1 is 1.19 bits per heavy atom. The smallest absolute Gasteiger partial charge is 0.354 e. The predicted octanol–water partition coefficient (Wildman–Crippen LogP) is 2.41. The molecule has 0 aliphatic heterocycles. The van der Waals surface area contributed by atoms with Gasteiger partial charge in [-0.15, -0.1) is 0 Å². The Kier molecular flexibility index (Phi) is 4.37. The van der Waals surface area contributed by atoms with Gasteiger partial charge in [0.1, 0.15) is 18.2 Å². The predicted molar refractivity (Wildman–Crippen MR) is 78.8 cm³/mol. The van der Waals surface area contributed by atoms with Gasteiger partial charge in [0.05, 0.1) is 0 Å². The highest BCUT2D eigenvalue weighted by atomic mass is 16.5. The van der Waals surface area contributed by atoms with Crippen molar-refractivity contribution in [3.8, 4) is 5.75 Å². The molecule has 6 heteroatoms. The van der Waals surface area contributed by atoms with Gasteiger partial charge in [0.25, 0.3) is 0 Å². The molecule has 0 bridgehead atoms. The van der Waals surface area contributed by atoms with Crippen molar-refractivity contribution >= 4 is 11.8 Å². The van der Waals surface area contributed by atoms with Crippen LogP contribution in [0.15, 0.2) is 24.3 Å². The van der Waals surface area contributed by atoms with E-state index in [-0.39, 0.29) is 12.3 Å². The van der Waals surface area contributed by atoms with Crippen LogP contribution in [0.2, 0.25) is 0 Å². The standard InChI is InChI=1S/C15H17N3O3/c1-9-4-10(2)6-11(5-9)21-8-14-17-12(15(19)20)7-13(16-3)18-14/h4-7H,8H2,1-3H3,(H,19,20)(H,16,17,18). The SMILES string of the molecule is CNc1cc(C(=O)O)nc(COc2cc(C)cc(C)c2)n1. The molecular weight excluding hydrogens is 270 g/mol. The lowest BCUT2D eigenvalue weighted by molar-refractivity contribution is 0.0689. The second-order valence-corrected chi connectivity index (χ2v) is 4.72. The summed E-state index contributed by atoms with van der Waals surface area (Å²) in [6, 6.07) is 7.25. The summed E-state index contributed by atoms with van der Waals surface area (Å²) in [5, 5.41) is 11.8. The monoisotopic (exact) mass is 287 g/mol. The quantitative estimate of drug-likeness (QED) is 0.878. The molecule has 0 amide bonds. The van der Waals surface area contributed by atoms with E-state index in [2.05, 4.69) is 15.3 Å². The third-order valence-corrected chi connectivity index (χ3v) is 2.81. The third kappa shape index (κ3) is 3.92. The Labute approximate surface area is 122 Å². The number of benzene rings is 1. The van der Waals surface area contributed by atoms with Crippen LogP contribution in [0.3, 0.4) is 0 Å². The maximum Gasteiger partial charge on any atom is 0.354 e. The van der Waals surface area contributed by atoms with Gasteiger partial charge in [0.2, 0.25) is 0 Å². The minimum absolute atomic E-state index is 0.0617. The molecule has 0 aliphatic carbocycles. The van der Waals surface area contributed by atoms with Crippen molar-refractivity contribution in [3.63, 3.8) is 0 Å². The zero-order valence-corrected chi connectivity index (χ0v) is 12.2. The van der Waals surface area contributed by atoms with Gasteiger partial charge in [-0.25, -0.2) is 14.8 Å². The molecule has 0 unspecified atom stereocenters. The van der Waals surface area contributed by atoms with Crippen molar-refractivity contribution in [2.45, 2.75) is 20.5 Å². The second kappa shape index (κ2) is 6.21. The second-order valence-electron chi connectivity index (χ2n) is 4.72. The van der Waals surface area contributed by atoms with Crippen molar-refractivity contribution in [2.24, 2.45) is 0 Å². The number of hydrogen-bond donors (Lipinski definition) is 2. The average Bonchev–Trinajstić information content (AvgIpc) is 2.43. The first-order chi connectivity index (χ1) is 9.97. The summed E-state index contributed by atoms with van der Waals surface area (Å²) < 4.78 is 5.64. The van der Waals surface area contributed by atoms with E-state index in [1.807, 2.05) is 32.0 Å². The average molecular weight is 287 g/mol. The van der Waals surface area contributed by atoms with E-state index in [1.54, 1.807) is 7.05 Å². The highest BCUT2D eigenvalue weighted by Crippen LogP contribution is 2.17. The Morgan fingerprint density at radius 2 is 1.86 bits per heavy atom. The van der Waals surface area contributed by atoms with Gasteiger partial charge >= 0.3 is 5.97 Å². The molecule has 21 heavy (non-hydrogen) atoms. The number of aryl methyl sites for hydroxylation is 2. The Balaban J connectivity index is 2.19. The lowest BCUT2D eigenvalue weighted by atomic mass is 10.1. The number of carbonyl (C=O) groups is 1. The zero-order chi connectivity index (χ0) is 15.4. The van der Waals surface area contributed by atoms with Crippen LogP contribution in [0.5, 0.6) is 5.75 Å². The number of nitrogens with zero attached hydrogens (tertiary/aromatic N) is 2. The molecule has 0 saturated carbocycles. The zero-order valence-electron chi connectivity index (χ0n) is 12.2. The number of nitrogens with one attached hydrogen (secondary N) is 1. The molecule has 0 aliphatic rings. The van der Waals surface area contributed by atoms with Gasteiger partial charge in [0.15, 0.2) is 11.5 Å². The number of ether oxygens (including phenoxy) is 1. The van der Waals surface area contributed by atoms with E-state index in [9.17, 15) is 4.79 Å². The van der Waals surface area contributed by atoms with Crippen LogP contribution in [-0.4, -0.2) is 28.1 Å². The number of rotatable bonds is 5. The number of anilines is 1. The maximum absolute atomic E-state index is 11.0. The van der Waals surface area contributed by atoms with Gasteiger partial charge in [0, 0.05) is 13.1 Å². The Bertz CT molecular complexity index is 651. The number of hydrogen-bond acceptors (Lipinski definition) is 5. The minimum atomic E-state index is -1.10. The fraction of sp³-hybridized carbons (Fsp3) is 0.267. The first-order valence-corrected chi connectivity index (χ1v) is 6.48. The first-order valence-electron chi connectivity index (χ1n) is 6.48.